The van der Waals surface area contributed by atoms with Crippen LogP contribution in [0.3, 0.4) is 0 Å². The lowest BCUT2D eigenvalue weighted by molar-refractivity contribution is -0.115. The molecule has 0 unspecified atom stereocenters. The molecule has 4 nitrogen and oxygen atoms in total. The SMILES string of the molecule is O=C1NC(=Nc2ccc(Cl)cc2)S/C1=C\c1ccc(OCc2ccccc2Cl)c(Br)c1. The summed E-state index contributed by atoms with van der Waals surface area (Å²) in [5, 5.41) is 4.61. The molecule has 8 heteroatoms. The van der Waals surface area contributed by atoms with Crippen LogP contribution in [0.15, 0.2) is 81.1 Å². The fourth-order valence-electron chi connectivity index (χ4n) is 2.76. The molecule has 1 aliphatic rings. The van der Waals surface area contributed by atoms with Gasteiger partial charge in [0.1, 0.15) is 12.4 Å². The highest BCUT2D eigenvalue weighted by Gasteiger charge is 2.23. The van der Waals surface area contributed by atoms with Crippen molar-refractivity contribution in [2.75, 3.05) is 0 Å². The summed E-state index contributed by atoms with van der Waals surface area (Å²) in [6.45, 7) is 0.363. The molecule has 1 N–H and O–H groups in total. The van der Waals surface area contributed by atoms with Gasteiger partial charge in [-0.05, 0) is 81.8 Å². The van der Waals surface area contributed by atoms with Crippen molar-refractivity contribution in [3.05, 3.63) is 97.3 Å². The molecule has 1 aliphatic heterocycles. The van der Waals surface area contributed by atoms with E-state index in [1.54, 1.807) is 24.3 Å². The van der Waals surface area contributed by atoms with Gasteiger partial charge in [-0.15, -0.1) is 0 Å². The first-order valence-corrected chi connectivity index (χ1v) is 11.6. The van der Waals surface area contributed by atoms with Gasteiger partial charge in [-0.2, -0.15) is 0 Å². The predicted molar refractivity (Wildman–Crippen MR) is 132 cm³/mol. The quantitative estimate of drug-likeness (QED) is 0.352. The summed E-state index contributed by atoms with van der Waals surface area (Å²) in [7, 11) is 0. The first-order chi connectivity index (χ1) is 15.0. The first-order valence-electron chi connectivity index (χ1n) is 9.19. The zero-order chi connectivity index (χ0) is 21.8. The van der Waals surface area contributed by atoms with Crippen LogP contribution in [0.2, 0.25) is 10.0 Å². The average Bonchev–Trinajstić information content (AvgIpc) is 3.09. The van der Waals surface area contributed by atoms with Crippen LogP contribution in [0.4, 0.5) is 5.69 Å². The number of carbonyl (C=O) groups is 1. The van der Waals surface area contributed by atoms with Crippen LogP contribution in [0.1, 0.15) is 11.1 Å². The fourth-order valence-corrected chi connectivity index (χ4v) is 4.43. The smallest absolute Gasteiger partial charge is 0.264 e. The highest BCUT2D eigenvalue weighted by atomic mass is 79.9. The van der Waals surface area contributed by atoms with Crippen LogP contribution in [0, 0.1) is 0 Å². The minimum absolute atomic E-state index is 0.187. The van der Waals surface area contributed by atoms with Crippen LogP contribution in [-0.2, 0) is 11.4 Å². The van der Waals surface area contributed by atoms with E-state index >= 15 is 0 Å². The van der Waals surface area contributed by atoms with Gasteiger partial charge in [0, 0.05) is 15.6 Å². The maximum absolute atomic E-state index is 12.3. The second-order valence-electron chi connectivity index (χ2n) is 6.53. The Morgan fingerprint density at radius 1 is 1.06 bits per heavy atom. The lowest BCUT2D eigenvalue weighted by Crippen LogP contribution is -2.19. The minimum Gasteiger partial charge on any atom is -0.488 e. The molecule has 0 radical (unpaired) electrons. The number of thioether (sulfide) groups is 1. The summed E-state index contributed by atoms with van der Waals surface area (Å²) in [6, 6.07) is 20.3. The normalized spacial score (nSPS) is 16.0. The van der Waals surface area contributed by atoms with Gasteiger partial charge in [0.05, 0.1) is 15.1 Å². The standard InChI is InChI=1S/C23H15BrCl2N2O2S/c24-18-11-14(5-10-20(18)30-13-15-3-1-2-4-19(15)26)12-21-22(29)28-23(31-21)27-17-8-6-16(25)7-9-17/h1-12H,13H2,(H,27,28,29)/b21-12-. The summed E-state index contributed by atoms with van der Waals surface area (Å²) < 4.78 is 6.66. The molecule has 1 heterocycles. The number of hydrogen-bond donors (Lipinski definition) is 1. The Kier molecular flexibility index (Phi) is 7.02. The Balaban J connectivity index is 1.46. The van der Waals surface area contributed by atoms with E-state index in [4.69, 9.17) is 27.9 Å². The molecular formula is C23H15BrCl2N2O2S. The zero-order valence-electron chi connectivity index (χ0n) is 15.9. The van der Waals surface area contributed by atoms with Crippen molar-refractivity contribution in [1.29, 1.82) is 0 Å². The van der Waals surface area contributed by atoms with Crippen LogP contribution in [0.5, 0.6) is 5.75 Å². The first kappa shape index (κ1) is 22.0. The van der Waals surface area contributed by atoms with Crippen LogP contribution in [-0.4, -0.2) is 11.1 Å². The van der Waals surface area contributed by atoms with Crippen LogP contribution in [0.25, 0.3) is 6.08 Å². The molecule has 1 fully saturated rings. The molecule has 0 atom stereocenters. The van der Waals surface area contributed by atoms with Gasteiger partial charge in [0.25, 0.3) is 5.91 Å². The Morgan fingerprint density at radius 2 is 1.84 bits per heavy atom. The second-order valence-corrected chi connectivity index (χ2v) is 9.26. The van der Waals surface area contributed by atoms with Gasteiger partial charge in [-0.3, -0.25) is 4.79 Å². The van der Waals surface area contributed by atoms with Crippen LogP contribution < -0.4 is 10.1 Å². The Labute approximate surface area is 202 Å². The van der Waals surface area contributed by atoms with Gasteiger partial charge >= 0.3 is 0 Å². The van der Waals surface area contributed by atoms with Crippen molar-refractivity contribution in [2.45, 2.75) is 6.61 Å². The van der Waals surface area contributed by atoms with E-state index in [-0.39, 0.29) is 5.91 Å². The fraction of sp³-hybridized carbons (Fsp3) is 0.0435. The molecule has 3 aromatic rings. The number of halogens is 3. The van der Waals surface area contributed by atoms with Crippen LogP contribution >= 0.6 is 50.9 Å². The summed E-state index contributed by atoms with van der Waals surface area (Å²) in [4.78, 5) is 17.3. The van der Waals surface area contributed by atoms with Crippen molar-refractivity contribution >= 4 is 73.7 Å². The Hall–Kier alpha value is -2.25. The number of amidine groups is 1. The number of amides is 1. The molecule has 0 aliphatic carbocycles. The van der Waals surface area contributed by atoms with Crippen molar-refractivity contribution in [2.24, 2.45) is 4.99 Å². The summed E-state index contributed by atoms with van der Waals surface area (Å²) in [6.07, 6.45) is 1.81. The van der Waals surface area contributed by atoms with E-state index in [2.05, 4.69) is 26.2 Å². The average molecular weight is 534 g/mol. The van der Waals surface area contributed by atoms with Gasteiger partial charge in [-0.1, -0.05) is 47.5 Å². The van der Waals surface area contributed by atoms with E-state index in [1.165, 1.54) is 11.8 Å². The molecule has 0 saturated carbocycles. The highest BCUT2D eigenvalue weighted by Crippen LogP contribution is 2.32. The largest absolute Gasteiger partial charge is 0.488 e. The highest BCUT2D eigenvalue weighted by molar-refractivity contribution is 9.10. The maximum atomic E-state index is 12.3. The van der Waals surface area contributed by atoms with Crippen molar-refractivity contribution in [1.82, 2.24) is 5.32 Å². The molecule has 1 saturated heterocycles. The lowest BCUT2D eigenvalue weighted by Gasteiger charge is -2.10. The van der Waals surface area contributed by atoms with Gasteiger partial charge in [0.2, 0.25) is 0 Å². The Bertz CT molecular complexity index is 1200. The van der Waals surface area contributed by atoms with Crippen molar-refractivity contribution in [3.63, 3.8) is 0 Å². The molecule has 4 rings (SSSR count). The number of nitrogens with zero attached hydrogens (tertiary/aromatic N) is 1. The number of benzene rings is 3. The molecule has 3 aromatic carbocycles. The van der Waals surface area contributed by atoms with E-state index in [9.17, 15) is 4.79 Å². The van der Waals surface area contributed by atoms with E-state index in [0.717, 1.165) is 21.3 Å². The third kappa shape index (κ3) is 5.71. The predicted octanol–water partition coefficient (Wildman–Crippen LogP) is 7.23. The number of hydrogen-bond acceptors (Lipinski definition) is 4. The molecular weight excluding hydrogens is 519 g/mol. The number of aliphatic imine (C=N–C) groups is 1. The third-order valence-electron chi connectivity index (χ3n) is 4.30. The number of nitrogens with one attached hydrogen (secondary N) is 1. The minimum atomic E-state index is -0.187. The molecule has 0 bridgehead atoms. The van der Waals surface area contributed by atoms with Gasteiger partial charge in [0.15, 0.2) is 5.17 Å². The molecule has 0 aromatic heterocycles. The zero-order valence-corrected chi connectivity index (χ0v) is 19.9. The summed E-state index contributed by atoms with van der Waals surface area (Å²) in [5.74, 6) is 0.503. The van der Waals surface area contributed by atoms with E-state index in [1.807, 2.05) is 48.5 Å². The number of rotatable bonds is 5. The molecule has 1 amide bonds. The summed E-state index contributed by atoms with van der Waals surface area (Å²) >= 11 is 16.9. The topological polar surface area (TPSA) is 50.7 Å². The molecule has 31 heavy (non-hydrogen) atoms. The third-order valence-corrected chi connectivity index (χ3v) is 6.45. The number of carbonyl (C=O) groups excluding carboxylic acids is 1. The summed E-state index contributed by atoms with van der Waals surface area (Å²) in [5.41, 5.74) is 2.49. The van der Waals surface area contributed by atoms with Gasteiger partial charge in [-0.25, -0.2) is 4.99 Å². The number of ether oxygens (including phenoxy) is 1. The monoisotopic (exact) mass is 532 g/mol. The lowest BCUT2D eigenvalue weighted by atomic mass is 10.2. The maximum Gasteiger partial charge on any atom is 0.264 e. The van der Waals surface area contributed by atoms with E-state index in [0.29, 0.717) is 32.5 Å². The van der Waals surface area contributed by atoms with Gasteiger partial charge < -0.3 is 10.1 Å². The Morgan fingerprint density at radius 3 is 2.58 bits per heavy atom. The molecule has 0 spiro atoms. The van der Waals surface area contributed by atoms with Crippen molar-refractivity contribution in [3.8, 4) is 5.75 Å². The second kappa shape index (κ2) is 9.92. The van der Waals surface area contributed by atoms with Crippen molar-refractivity contribution < 1.29 is 9.53 Å². The molecule has 156 valence electrons. The van der Waals surface area contributed by atoms with E-state index < -0.39 is 0 Å².